The van der Waals surface area contributed by atoms with E-state index in [4.69, 9.17) is 9.47 Å². The molecule has 1 saturated heterocycles. The van der Waals surface area contributed by atoms with Gasteiger partial charge in [-0.3, -0.25) is 4.79 Å². The molecule has 1 amide bonds. The number of rotatable bonds is 43. The summed E-state index contributed by atoms with van der Waals surface area (Å²) < 4.78 is 11.1. The van der Waals surface area contributed by atoms with Gasteiger partial charge in [0.1, 0.15) is 36.6 Å². The van der Waals surface area contributed by atoms with Gasteiger partial charge < -0.3 is 50.5 Å². The van der Waals surface area contributed by atoms with Crippen LogP contribution >= 0.6 is 0 Å². The summed E-state index contributed by atoms with van der Waals surface area (Å²) in [6.45, 7) is 3.38. The van der Waals surface area contributed by atoms with Crippen molar-refractivity contribution in [3.05, 3.63) is 12.2 Å². The van der Waals surface area contributed by atoms with E-state index < -0.39 is 74.2 Å². The first-order valence-electron chi connectivity index (χ1n) is 25.6. The number of amides is 1. The number of ether oxygens (including phenoxy) is 2. The molecule has 1 aliphatic rings. The van der Waals surface area contributed by atoms with E-state index >= 15 is 0 Å². The van der Waals surface area contributed by atoms with Gasteiger partial charge in [0.2, 0.25) is 5.91 Å². The molecule has 1 heterocycles. The van der Waals surface area contributed by atoms with Crippen LogP contribution < -0.4 is 5.32 Å². The van der Waals surface area contributed by atoms with E-state index in [0.29, 0.717) is 12.8 Å². The second-order valence-electron chi connectivity index (χ2n) is 18.2. The summed E-state index contributed by atoms with van der Waals surface area (Å²) in [6, 6.07) is -1.18. The average molecular weight is 872 g/mol. The number of allylic oxidation sites excluding steroid dienone is 2. The Labute approximate surface area is 372 Å². The van der Waals surface area contributed by atoms with Gasteiger partial charge in [-0.1, -0.05) is 206 Å². The quantitative estimate of drug-likeness (QED) is 0.0217. The van der Waals surface area contributed by atoms with E-state index in [1.165, 1.54) is 148 Å². The smallest absolute Gasteiger partial charge is 0.249 e. The summed E-state index contributed by atoms with van der Waals surface area (Å²) in [4.78, 5) is 13.1. The number of aliphatic hydroxyl groups excluding tert-OH is 7. The molecule has 362 valence electrons. The molecular formula is C50H97NO10. The summed E-state index contributed by atoms with van der Waals surface area (Å²) in [6.07, 6.45) is 33.1. The van der Waals surface area contributed by atoms with E-state index in [-0.39, 0.29) is 12.8 Å². The highest BCUT2D eigenvalue weighted by molar-refractivity contribution is 5.80. The minimum atomic E-state index is -1.66. The van der Waals surface area contributed by atoms with Gasteiger partial charge in [-0.25, -0.2) is 0 Å². The molecule has 1 fully saturated rings. The maximum atomic E-state index is 13.1. The number of carbonyl (C=O) groups is 1. The van der Waals surface area contributed by atoms with Crippen molar-refractivity contribution in [3.8, 4) is 0 Å². The minimum Gasteiger partial charge on any atom is -0.394 e. The van der Waals surface area contributed by atoms with E-state index in [9.17, 15) is 40.5 Å². The highest BCUT2D eigenvalue weighted by Crippen LogP contribution is 2.23. The van der Waals surface area contributed by atoms with Crippen LogP contribution in [-0.4, -0.2) is 110 Å². The summed E-state index contributed by atoms with van der Waals surface area (Å²) in [7, 11) is 0. The number of hydrogen-bond donors (Lipinski definition) is 8. The van der Waals surface area contributed by atoms with Crippen LogP contribution in [0.5, 0.6) is 0 Å². The number of aliphatic hydroxyl groups is 7. The van der Waals surface area contributed by atoms with Gasteiger partial charge in [-0.05, 0) is 38.5 Å². The number of nitrogens with one attached hydrogen (secondary N) is 1. The van der Waals surface area contributed by atoms with Crippen molar-refractivity contribution in [3.63, 3.8) is 0 Å². The van der Waals surface area contributed by atoms with Crippen LogP contribution in [0.1, 0.15) is 232 Å². The van der Waals surface area contributed by atoms with Gasteiger partial charge in [0.25, 0.3) is 0 Å². The summed E-state index contributed by atoms with van der Waals surface area (Å²) in [5.74, 6) is -0.705. The maximum Gasteiger partial charge on any atom is 0.249 e. The first-order valence-corrected chi connectivity index (χ1v) is 25.6. The molecule has 0 radical (unpaired) electrons. The van der Waals surface area contributed by atoms with Gasteiger partial charge in [0.15, 0.2) is 6.29 Å². The molecule has 9 atom stereocenters. The third-order valence-corrected chi connectivity index (χ3v) is 12.6. The lowest BCUT2D eigenvalue weighted by Crippen LogP contribution is -2.60. The van der Waals surface area contributed by atoms with Crippen molar-refractivity contribution < 1.29 is 50.0 Å². The number of unbranched alkanes of at least 4 members (excludes halogenated alkanes) is 29. The molecule has 8 N–H and O–H groups in total. The monoisotopic (exact) mass is 872 g/mol. The van der Waals surface area contributed by atoms with E-state index in [1.54, 1.807) is 0 Å². The molecule has 0 aromatic heterocycles. The van der Waals surface area contributed by atoms with Crippen molar-refractivity contribution >= 4 is 5.91 Å². The largest absolute Gasteiger partial charge is 0.394 e. The van der Waals surface area contributed by atoms with Crippen molar-refractivity contribution in [2.24, 2.45) is 0 Å². The average Bonchev–Trinajstić information content (AvgIpc) is 3.26. The van der Waals surface area contributed by atoms with E-state index in [2.05, 4.69) is 31.3 Å². The fraction of sp³-hybridized carbons (Fsp3) is 0.940. The number of hydrogen-bond acceptors (Lipinski definition) is 10. The Morgan fingerprint density at radius 1 is 0.557 bits per heavy atom. The van der Waals surface area contributed by atoms with Crippen molar-refractivity contribution in [2.75, 3.05) is 13.2 Å². The van der Waals surface area contributed by atoms with Crippen molar-refractivity contribution in [1.29, 1.82) is 0 Å². The third kappa shape index (κ3) is 29.8. The molecule has 0 bridgehead atoms. The fourth-order valence-electron chi connectivity index (χ4n) is 8.32. The Bertz CT molecular complexity index is 1000. The van der Waals surface area contributed by atoms with Gasteiger partial charge >= 0.3 is 0 Å². The summed E-state index contributed by atoms with van der Waals surface area (Å²) >= 11 is 0. The molecule has 0 spiro atoms. The highest BCUT2D eigenvalue weighted by atomic mass is 16.7. The standard InChI is InChI=1S/C50H97NO10/c1-3-5-7-9-11-13-14-15-16-17-18-19-20-21-22-23-24-25-26-27-28-29-30-32-34-36-38-43(54)49(59)51-41(40-60-50-48(58)47(57)46(56)44(39-52)61-50)45(55)42(53)37-35-33-31-12-10-8-6-4-2/h12,31,41-48,50,52-58H,3-11,13-30,32-40H2,1-2H3,(H,51,59)/b31-12+. The van der Waals surface area contributed by atoms with Crippen LogP contribution in [-0.2, 0) is 14.3 Å². The molecule has 11 heteroatoms. The predicted molar refractivity (Wildman–Crippen MR) is 247 cm³/mol. The van der Waals surface area contributed by atoms with Gasteiger partial charge in [0.05, 0.1) is 25.4 Å². The number of carbonyl (C=O) groups excluding carboxylic acids is 1. The molecule has 11 nitrogen and oxygen atoms in total. The SMILES string of the molecule is CCCCC/C=C/CCCC(O)C(O)C(COC1OC(CO)C(O)C(O)C1O)NC(=O)C(O)CCCCCCCCCCCCCCCCCCCCCCCCCCCC. The Hall–Kier alpha value is -1.15. The zero-order valence-corrected chi connectivity index (χ0v) is 39.2. The molecule has 61 heavy (non-hydrogen) atoms. The lowest BCUT2D eigenvalue weighted by Gasteiger charge is -2.40. The summed E-state index contributed by atoms with van der Waals surface area (Å²) in [5.41, 5.74) is 0. The molecule has 0 aromatic rings. The predicted octanol–water partition coefficient (Wildman–Crippen LogP) is 9.23. The molecule has 0 aromatic carbocycles. The normalized spacial score (nSPS) is 21.5. The molecule has 1 aliphatic heterocycles. The van der Waals surface area contributed by atoms with E-state index in [1.807, 2.05) is 0 Å². The lowest BCUT2D eigenvalue weighted by molar-refractivity contribution is -0.303. The van der Waals surface area contributed by atoms with Crippen LogP contribution in [0.3, 0.4) is 0 Å². The molecule has 0 aliphatic carbocycles. The van der Waals surface area contributed by atoms with Crippen molar-refractivity contribution in [1.82, 2.24) is 5.32 Å². The molecule has 9 unspecified atom stereocenters. The fourth-order valence-corrected chi connectivity index (χ4v) is 8.32. The second kappa shape index (κ2) is 40.4. The van der Waals surface area contributed by atoms with Gasteiger partial charge in [-0.15, -0.1) is 0 Å². The van der Waals surface area contributed by atoms with Crippen LogP contribution in [0.15, 0.2) is 12.2 Å². The lowest BCUT2D eigenvalue weighted by atomic mass is 9.98. The first kappa shape index (κ1) is 57.9. The van der Waals surface area contributed by atoms with Crippen LogP contribution in [0, 0.1) is 0 Å². The van der Waals surface area contributed by atoms with Crippen LogP contribution in [0.4, 0.5) is 0 Å². The third-order valence-electron chi connectivity index (χ3n) is 12.6. The van der Waals surface area contributed by atoms with E-state index in [0.717, 1.165) is 44.9 Å². The van der Waals surface area contributed by atoms with Gasteiger partial charge in [-0.2, -0.15) is 0 Å². The molecule has 0 saturated carbocycles. The maximum absolute atomic E-state index is 13.1. The van der Waals surface area contributed by atoms with Crippen LogP contribution in [0.25, 0.3) is 0 Å². The zero-order chi connectivity index (χ0) is 44.8. The van der Waals surface area contributed by atoms with Crippen molar-refractivity contribution in [2.45, 2.75) is 287 Å². The first-order chi connectivity index (χ1) is 29.7. The highest BCUT2D eigenvalue weighted by Gasteiger charge is 2.44. The topological polar surface area (TPSA) is 189 Å². The second-order valence-corrected chi connectivity index (χ2v) is 18.2. The minimum absolute atomic E-state index is 0.259. The Morgan fingerprint density at radius 2 is 0.967 bits per heavy atom. The summed E-state index contributed by atoms with van der Waals surface area (Å²) in [5, 5.41) is 75.4. The van der Waals surface area contributed by atoms with Crippen LogP contribution in [0.2, 0.25) is 0 Å². The van der Waals surface area contributed by atoms with Gasteiger partial charge in [0, 0.05) is 0 Å². The Morgan fingerprint density at radius 3 is 1.41 bits per heavy atom. The molecule has 1 rings (SSSR count). The Balaban J connectivity index is 2.23. The zero-order valence-electron chi connectivity index (χ0n) is 39.2. The Kier molecular flexibility index (Phi) is 38.3. The molecular weight excluding hydrogens is 775 g/mol.